The molecule has 1 fully saturated rings. The lowest BCUT2D eigenvalue weighted by atomic mass is 9.98. The van der Waals surface area contributed by atoms with Crippen LogP contribution in [-0.2, 0) is 16.1 Å². The van der Waals surface area contributed by atoms with Crippen molar-refractivity contribution in [2.24, 2.45) is 0 Å². The van der Waals surface area contributed by atoms with Crippen LogP contribution in [0.4, 0.5) is 0 Å². The third-order valence-electron chi connectivity index (χ3n) is 4.22. The number of rotatable bonds is 0. The Bertz CT molecular complexity index is 655. The van der Waals surface area contributed by atoms with Crippen molar-refractivity contribution in [2.45, 2.75) is 44.9 Å². The molecule has 2 aromatic rings. The highest BCUT2D eigenvalue weighted by Gasteiger charge is 2.47. The van der Waals surface area contributed by atoms with E-state index in [-0.39, 0.29) is 12.2 Å². The maximum atomic E-state index is 10.2. The third-order valence-corrected chi connectivity index (χ3v) is 4.22. The van der Waals surface area contributed by atoms with Crippen molar-refractivity contribution < 1.29 is 19.0 Å². The van der Waals surface area contributed by atoms with E-state index in [0.29, 0.717) is 13.0 Å². The summed E-state index contributed by atoms with van der Waals surface area (Å²) < 4.78 is 17.1. The van der Waals surface area contributed by atoms with E-state index in [4.69, 9.17) is 13.9 Å². The average molecular weight is 260 g/mol. The van der Waals surface area contributed by atoms with Crippen LogP contribution in [0.15, 0.2) is 22.8 Å². The van der Waals surface area contributed by atoms with Crippen molar-refractivity contribution in [1.29, 1.82) is 0 Å². The Labute approximate surface area is 110 Å². The number of furan rings is 1. The van der Waals surface area contributed by atoms with Crippen LogP contribution in [0.2, 0.25) is 0 Å². The fourth-order valence-electron chi connectivity index (χ4n) is 3.11. The second-order valence-corrected chi connectivity index (χ2v) is 5.66. The molecule has 1 saturated heterocycles. The molecule has 1 N–H and O–H groups in total. The predicted molar refractivity (Wildman–Crippen MR) is 68.6 cm³/mol. The number of aryl methyl sites for hydroxylation is 1. The number of hydrogen-bond donors (Lipinski definition) is 1. The zero-order valence-electron chi connectivity index (χ0n) is 11.0. The molecule has 2 bridgehead atoms. The summed E-state index contributed by atoms with van der Waals surface area (Å²) in [6, 6.07) is 4.14. The molecule has 0 amide bonds. The van der Waals surface area contributed by atoms with Gasteiger partial charge in [0.25, 0.3) is 0 Å². The highest BCUT2D eigenvalue weighted by molar-refractivity contribution is 5.82. The summed E-state index contributed by atoms with van der Waals surface area (Å²) in [6.07, 6.45) is 2.06. The Morgan fingerprint density at radius 3 is 3.05 bits per heavy atom. The molecule has 4 nitrogen and oxygen atoms in total. The normalized spacial score (nSPS) is 33.4. The van der Waals surface area contributed by atoms with Crippen LogP contribution in [0.3, 0.4) is 0 Å². The Morgan fingerprint density at radius 1 is 1.37 bits per heavy atom. The molecule has 0 radical (unpaired) electrons. The minimum Gasteiger partial charge on any atom is -0.464 e. The van der Waals surface area contributed by atoms with Crippen molar-refractivity contribution in [1.82, 2.24) is 0 Å². The zero-order chi connectivity index (χ0) is 13.2. The molecule has 4 heteroatoms. The van der Waals surface area contributed by atoms with E-state index in [2.05, 4.69) is 6.07 Å². The number of hydrogen-bond acceptors (Lipinski definition) is 4. The van der Waals surface area contributed by atoms with Gasteiger partial charge in [-0.2, -0.15) is 0 Å². The summed E-state index contributed by atoms with van der Waals surface area (Å²) >= 11 is 0. The fraction of sp³-hybridized carbons (Fsp3) is 0.467. The lowest BCUT2D eigenvalue weighted by Gasteiger charge is -2.27. The van der Waals surface area contributed by atoms with E-state index in [1.807, 2.05) is 13.0 Å². The Morgan fingerprint density at radius 2 is 2.21 bits per heavy atom. The van der Waals surface area contributed by atoms with Gasteiger partial charge in [-0.05, 0) is 42.7 Å². The van der Waals surface area contributed by atoms with Gasteiger partial charge in [0, 0.05) is 11.8 Å². The Kier molecular flexibility index (Phi) is 2.17. The highest BCUT2D eigenvalue weighted by Crippen LogP contribution is 2.45. The van der Waals surface area contributed by atoms with Gasteiger partial charge in [-0.1, -0.05) is 0 Å². The van der Waals surface area contributed by atoms with Crippen molar-refractivity contribution in [3.8, 4) is 0 Å². The van der Waals surface area contributed by atoms with Crippen LogP contribution >= 0.6 is 0 Å². The minimum atomic E-state index is -1.20. The van der Waals surface area contributed by atoms with Crippen LogP contribution in [0.25, 0.3) is 11.0 Å². The second-order valence-electron chi connectivity index (χ2n) is 5.66. The van der Waals surface area contributed by atoms with Crippen LogP contribution in [0.5, 0.6) is 0 Å². The van der Waals surface area contributed by atoms with Gasteiger partial charge in [0.1, 0.15) is 11.7 Å². The van der Waals surface area contributed by atoms with E-state index < -0.39 is 5.79 Å². The van der Waals surface area contributed by atoms with E-state index >= 15 is 0 Å². The first kappa shape index (κ1) is 11.5. The summed E-state index contributed by atoms with van der Waals surface area (Å²) in [5, 5.41) is 11.3. The SMILES string of the molecule is Cc1coc2cc3c(cc12)CO[C@@H]1C[C@H]3O[C@]1(C)O. The van der Waals surface area contributed by atoms with Crippen LogP contribution < -0.4 is 0 Å². The number of fused-ring (bicyclic) bond motifs is 5. The number of aliphatic hydroxyl groups is 1. The van der Waals surface area contributed by atoms with Crippen molar-refractivity contribution in [2.75, 3.05) is 0 Å². The molecule has 0 unspecified atom stereocenters. The van der Waals surface area contributed by atoms with Crippen LogP contribution in [0, 0.1) is 6.92 Å². The molecule has 0 saturated carbocycles. The molecule has 1 aromatic carbocycles. The van der Waals surface area contributed by atoms with Gasteiger partial charge in [-0.3, -0.25) is 0 Å². The van der Waals surface area contributed by atoms with Gasteiger partial charge in [0.2, 0.25) is 0 Å². The largest absolute Gasteiger partial charge is 0.464 e. The van der Waals surface area contributed by atoms with Crippen LogP contribution in [-0.4, -0.2) is 17.0 Å². The molecule has 1 aromatic heterocycles. The number of ether oxygens (including phenoxy) is 2. The Balaban J connectivity index is 1.89. The molecule has 0 spiro atoms. The summed E-state index contributed by atoms with van der Waals surface area (Å²) in [7, 11) is 0. The smallest absolute Gasteiger partial charge is 0.190 e. The molecule has 3 heterocycles. The van der Waals surface area contributed by atoms with E-state index in [0.717, 1.165) is 27.7 Å². The monoisotopic (exact) mass is 260 g/mol. The quantitative estimate of drug-likeness (QED) is 0.791. The number of benzene rings is 1. The summed E-state index contributed by atoms with van der Waals surface area (Å²) in [6.45, 7) is 4.21. The van der Waals surface area contributed by atoms with Gasteiger partial charge in [0.15, 0.2) is 5.79 Å². The maximum Gasteiger partial charge on any atom is 0.190 e. The fourth-order valence-corrected chi connectivity index (χ4v) is 3.11. The van der Waals surface area contributed by atoms with E-state index in [9.17, 15) is 5.11 Å². The van der Waals surface area contributed by atoms with Gasteiger partial charge in [-0.25, -0.2) is 0 Å². The van der Waals surface area contributed by atoms with Gasteiger partial charge in [-0.15, -0.1) is 0 Å². The first-order valence-corrected chi connectivity index (χ1v) is 6.57. The molecule has 19 heavy (non-hydrogen) atoms. The first-order chi connectivity index (χ1) is 9.04. The molecular formula is C15H16O4. The van der Waals surface area contributed by atoms with Gasteiger partial charge in [0.05, 0.1) is 19.0 Å². The summed E-state index contributed by atoms with van der Waals surface area (Å²) in [4.78, 5) is 0. The molecule has 3 atom stereocenters. The second kappa shape index (κ2) is 3.60. The molecule has 2 aliphatic heterocycles. The standard InChI is InChI=1S/C15H16O4/c1-8-6-17-12-4-11-9(3-10(8)12)7-18-14-5-13(11)19-15(14,2)16/h3-4,6,13-14,16H,5,7H2,1-2H3/t13-,14-,15+/m1/s1. The van der Waals surface area contributed by atoms with E-state index in [1.165, 1.54) is 0 Å². The molecule has 0 aliphatic carbocycles. The molecular weight excluding hydrogens is 244 g/mol. The van der Waals surface area contributed by atoms with Crippen LogP contribution in [0.1, 0.15) is 36.1 Å². The lowest BCUT2D eigenvalue weighted by Crippen LogP contribution is -2.37. The topological polar surface area (TPSA) is 51.8 Å². The van der Waals surface area contributed by atoms with Crippen molar-refractivity contribution in [3.05, 3.63) is 35.1 Å². The predicted octanol–water partition coefficient (Wildman–Crippen LogP) is 2.81. The summed E-state index contributed by atoms with van der Waals surface area (Å²) in [5.74, 6) is -1.20. The molecule has 4 rings (SSSR count). The maximum absolute atomic E-state index is 10.2. The Hall–Kier alpha value is -1.36. The molecule has 100 valence electrons. The first-order valence-electron chi connectivity index (χ1n) is 6.57. The average Bonchev–Trinajstić information content (AvgIpc) is 2.79. The van der Waals surface area contributed by atoms with Crippen molar-refractivity contribution in [3.63, 3.8) is 0 Å². The van der Waals surface area contributed by atoms with Gasteiger partial charge < -0.3 is 19.0 Å². The molecule has 2 aliphatic rings. The summed E-state index contributed by atoms with van der Waals surface area (Å²) in [5.41, 5.74) is 4.19. The third kappa shape index (κ3) is 1.57. The minimum absolute atomic E-state index is 0.118. The van der Waals surface area contributed by atoms with E-state index in [1.54, 1.807) is 13.2 Å². The lowest BCUT2D eigenvalue weighted by molar-refractivity contribution is -0.230. The van der Waals surface area contributed by atoms with Crippen molar-refractivity contribution >= 4 is 11.0 Å². The highest BCUT2D eigenvalue weighted by atomic mass is 16.7. The van der Waals surface area contributed by atoms with Gasteiger partial charge >= 0.3 is 0 Å². The zero-order valence-corrected chi connectivity index (χ0v) is 11.0.